The van der Waals surface area contributed by atoms with Gasteiger partial charge in [0.15, 0.2) is 0 Å². The normalized spacial score (nSPS) is 22.6. The van der Waals surface area contributed by atoms with Crippen molar-refractivity contribution in [2.75, 3.05) is 7.11 Å². The summed E-state index contributed by atoms with van der Waals surface area (Å²) in [6.45, 7) is 0. The molecule has 1 aliphatic carbocycles. The molecular weight excluding hydrogens is 180 g/mol. The molecule has 0 aromatic rings. The Balaban J connectivity index is 2.26. The second-order valence-corrected chi connectivity index (χ2v) is 3.66. The minimum atomic E-state index is -0.327. The molecule has 1 aliphatic rings. The fourth-order valence-corrected chi connectivity index (χ4v) is 1.74. The van der Waals surface area contributed by atoms with Gasteiger partial charge in [0.25, 0.3) is 0 Å². The van der Waals surface area contributed by atoms with Crippen molar-refractivity contribution < 1.29 is 14.3 Å². The van der Waals surface area contributed by atoms with Gasteiger partial charge in [0.1, 0.15) is 5.78 Å². The fourth-order valence-electron chi connectivity index (χ4n) is 1.74. The maximum Gasteiger partial charge on any atom is 0.330 e. The molecule has 14 heavy (non-hydrogen) atoms. The smallest absolute Gasteiger partial charge is 0.330 e. The van der Waals surface area contributed by atoms with Crippen LogP contribution in [0.25, 0.3) is 0 Å². The van der Waals surface area contributed by atoms with Gasteiger partial charge in [-0.3, -0.25) is 4.79 Å². The third-order valence-electron chi connectivity index (χ3n) is 2.51. The van der Waals surface area contributed by atoms with Gasteiger partial charge in [0.05, 0.1) is 7.11 Å². The number of carbonyl (C=O) groups excluding carboxylic acids is 2. The Morgan fingerprint density at radius 1 is 1.64 bits per heavy atom. The van der Waals surface area contributed by atoms with Gasteiger partial charge >= 0.3 is 5.97 Å². The zero-order chi connectivity index (χ0) is 10.4. The lowest BCUT2D eigenvalue weighted by molar-refractivity contribution is -0.134. The zero-order valence-corrected chi connectivity index (χ0v) is 8.49. The summed E-state index contributed by atoms with van der Waals surface area (Å²) >= 11 is 0. The highest BCUT2D eigenvalue weighted by molar-refractivity contribution is 5.81. The Kier molecular flexibility index (Phi) is 4.36. The van der Waals surface area contributed by atoms with Crippen molar-refractivity contribution in [1.82, 2.24) is 0 Å². The third-order valence-corrected chi connectivity index (χ3v) is 2.51. The van der Waals surface area contributed by atoms with Gasteiger partial charge in [-0.2, -0.15) is 0 Å². The SMILES string of the molecule is COC(=O)C=CCC1CCCC(=O)C1. The van der Waals surface area contributed by atoms with Crippen LogP contribution in [0.5, 0.6) is 0 Å². The second-order valence-electron chi connectivity index (χ2n) is 3.66. The minimum Gasteiger partial charge on any atom is -0.466 e. The van der Waals surface area contributed by atoms with Crippen LogP contribution < -0.4 is 0 Å². The van der Waals surface area contributed by atoms with Crippen LogP contribution in [-0.2, 0) is 14.3 Å². The average molecular weight is 196 g/mol. The van der Waals surface area contributed by atoms with Gasteiger partial charge in [0, 0.05) is 18.9 Å². The van der Waals surface area contributed by atoms with Crippen molar-refractivity contribution in [1.29, 1.82) is 0 Å². The van der Waals surface area contributed by atoms with Crippen molar-refractivity contribution in [2.45, 2.75) is 32.1 Å². The van der Waals surface area contributed by atoms with E-state index in [9.17, 15) is 9.59 Å². The first-order chi connectivity index (χ1) is 6.72. The Labute approximate surface area is 84.1 Å². The minimum absolute atomic E-state index is 0.327. The number of Topliss-reactive ketones (excluding diaryl/α,β-unsaturated/α-hetero) is 1. The highest BCUT2D eigenvalue weighted by atomic mass is 16.5. The number of allylic oxidation sites excluding steroid dienone is 1. The summed E-state index contributed by atoms with van der Waals surface area (Å²) in [5.41, 5.74) is 0. The number of carbonyl (C=O) groups is 2. The molecule has 3 heteroatoms. The van der Waals surface area contributed by atoms with Gasteiger partial charge in [-0.15, -0.1) is 0 Å². The van der Waals surface area contributed by atoms with Crippen LogP contribution in [-0.4, -0.2) is 18.9 Å². The van der Waals surface area contributed by atoms with E-state index in [0.29, 0.717) is 18.1 Å². The van der Waals surface area contributed by atoms with Crippen LogP contribution in [0.4, 0.5) is 0 Å². The first-order valence-corrected chi connectivity index (χ1v) is 4.98. The number of ether oxygens (including phenoxy) is 1. The van der Waals surface area contributed by atoms with E-state index in [-0.39, 0.29) is 5.97 Å². The Bertz CT molecular complexity index is 243. The highest BCUT2D eigenvalue weighted by Crippen LogP contribution is 2.24. The second kappa shape index (κ2) is 5.58. The summed E-state index contributed by atoms with van der Waals surface area (Å²) in [5.74, 6) is 0.456. The summed E-state index contributed by atoms with van der Waals surface area (Å²) < 4.78 is 4.47. The summed E-state index contributed by atoms with van der Waals surface area (Å²) in [4.78, 5) is 21.9. The van der Waals surface area contributed by atoms with Gasteiger partial charge < -0.3 is 4.74 Å². The van der Waals surface area contributed by atoms with Crippen molar-refractivity contribution in [3.8, 4) is 0 Å². The molecule has 78 valence electrons. The van der Waals surface area contributed by atoms with Gasteiger partial charge in [-0.05, 0) is 25.2 Å². The van der Waals surface area contributed by atoms with Crippen LogP contribution in [0.1, 0.15) is 32.1 Å². The summed E-state index contributed by atoms with van der Waals surface area (Å²) in [7, 11) is 1.36. The molecule has 0 aromatic heterocycles. The van der Waals surface area contributed by atoms with E-state index in [4.69, 9.17) is 0 Å². The zero-order valence-electron chi connectivity index (χ0n) is 8.49. The molecule has 0 heterocycles. The monoisotopic (exact) mass is 196 g/mol. The number of ketones is 1. The number of hydrogen-bond acceptors (Lipinski definition) is 3. The highest BCUT2D eigenvalue weighted by Gasteiger charge is 2.17. The average Bonchev–Trinajstić information content (AvgIpc) is 2.17. The van der Waals surface area contributed by atoms with E-state index in [0.717, 1.165) is 25.7 Å². The molecule has 0 spiro atoms. The maximum absolute atomic E-state index is 11.1. The number of methoxy groups -OCH3 is 1. The fraction of sp³-hybridized carbons (Fsp3) is 0.636. The molecule has 1 unspecified atom stereocenters. The predicted octanol–water partition coefficient (Wildman–Crippen LogP) is 1.86. The standard InChI is InChI=1S/C11H16O3/c1-14-11(13)7-3-5-9-4-2-6-10(12)8-9/h3,7,9H,2,4-6,8H2,1H3. The van der Waals surface area contributed by atoms with Crippen molar-refractivity contribution in [3.63, 3.8) is 0 Å². The molecule has 1 rings (SSSR count). The lowest BCUT2D eigenvalue weighted by Crippen LogP contribution is -2.14. The van der Waals surface area contributed by atoms with Crippen molar-refractivity contribution in [2.24, 2.45) is 5.92 Å². The lowest BCUT2D eigenvalue weighted by atomic mass is 9.86. The first-order valence-electron chi connectivity index (χ1n) is 4.98. The molecule has 0 N–H and O–H groups in total. The molecule has 1 saturated carbocycles. The first kappa shape index (κ1) is 11.0. The van der Waals surface area contributed by atoms with Crippen LogP contribution in [0.2, 0.25) is 0 Å². The topological polar surface area (TPSA) is 43.4 Å². The predicted molar refractivity (Wildman–Crippen MR) is 52.7 cm³/mol. The summed E-state index contributed by atoms with van der Waals surface area (Å²) in [6.07, 6.45) is 7.53. The summed E-state index contributed by atoms with van der Waals surface area (Å²) in [5, 5.41) is 0. The maximum atomic E-state index is 11.1. The molecule has 0 amide bonds. The third kappa shape index (κ3) is 3.73. The van der Waals surface area contributed by atoms with E-state index >= 15 is 0 Å². The van der Waals surface area contributed by atoms with Crippen molar-refractivity contribution in [3.05, 3.63) is 12.2 Å². The Hall–Kier alpha value is -1.12. The van der Waals surface area contributed by atoms with E-state index < -0.39 is 0 Å². The van der Waals surface area contributed by atoms with E-state index in [1.54, 1.807) is 6.08 Å². The quantitative estimate of drug-likeness (QED) is 0.511. The molecular formula is C11H16O3. The van der Waals surface area contributed by atoms with E-state index in [1.807, 2.05) is 0 Å². The Morgan fingerprint density at radius 3 is 3.07 bits per heavy atom. The van der Waals surface area contributed by atoms with Crippen LogP contribution >= 0.6 is 0 Å². The van der Waals surface area contributed by atoms with Gasteiger partial charge in [-0.1, -0.05) is 6.08 Å². The van der Waals surface area contributed by atoms with E-state index in [1.165, 1.54) is 13.2 Å². The largest absolute Gasteiger partial charge is 0.466 e. The van der Waals surface area contributed by atoms with Crippen LogP contribution in [0.15, 0.2) is 12.2 Å². The van der Waals surface area contributed by atoms with Gasteiger partial charge in [-0.25, -0.2) is 4.79 Å². The number of rotatable bonds is 3. The number of hydrogen-bond donors (Lipinski definition) is 0. The molecule has 1 atom stereocenters. The number of esters is 1. The van der Waals surface area contributed by atoms with Crippen LogP contribution in [0, 0.1) is 5.92 Å². The van der Waals surface area contributed by atoms with E-state index in [2.05, 4.69) is 4.74 Å². The van der Waals surface area contributed by atoms with Crippen LogP contribution in [0.3, 0.4) is 0 Å². The molecule has 0 radical (unpaired) electrons. The molecule has 0 bridgehead atoms. The molecule has 0 saturated heterocycles. The lowest BCUT2D eigenvalue weighted by Gasteiger charge is -2.18. The molecule has 0 aromatic carbocycles. The van der Waals surface area contributed by atoms with Crippen molar-refractivity contribution >= 4 is 11.8 Å². The molecule has 0 aliphatic heterocycles. The van der Waals surface area contributed by atoms with Gasteiger partial charge in [0.2, 0.25) is 0 Å². The molecule has 3 nitrogen and oxygen atoms in total. The Morgan fingerprint density at radius 2 is 2.43 bits per heavy atom. The molecule has 1 fully saturated rings. The summed E-state index contributed by atoms with van der Waals surface area (Å²) in [6, 6.07) is 0.